The van der Waals surface area contributed by atoms with Crippen molar-refractivity contribution in [1.29, 1.82) is 0 Å². The summed E-state index contributed by atoms with van der Waals surface area (Å²) in [5.41, 5.74) is 3.50. The molecular weight excluding hydrogens is 246 g/mol. The molecule has 0 N–H and O–H groups in total. The predicted molar refractivity (Wildman–Crippen MR) is 87.2 cm³/mol. The Labute approximate surface area is 124 Å². The standard InChI is InChI=1S/C18H29NO/c1-7-8-9-19(17(20)13-18(4,5)6)16-11-14(2)10-15(3)12-16/h10-12H,7-9,13H2,1-6H3. The summed E-state index contributed by atoms with van der Waals surface area (Å²) in [6.07, 6.45) is 2.73. The van der Waals surface area contributed by atoms with Crippen molar-refractivity contribution < 1.29 is 4.79 Å². The summed E-state index contributed by atoms with van der Waals surface area (Å²) < 4.78 is 0. The molecule has 112 valence electrons. The fourth-order valence-electron chi connectivity index (χ4n) is 2.37. The number of rotatable bonds is 5. The lowest BCUT2D eigenvalue weighted by Crippen LogP contribution is -2.34. The largest absolute Gasteiger partial charge is 0.312 e. The predicted octanol–water partition coefficient (Wildman–Crippen LogP) is 4.87. The number of nitrogens with zero attached hydrogens (tertiary/aromatic N) is 1. The molecule has 0 aliphatic carbocycles. The highest BCUT2D eigenvalue weighted by Gasteiger charge is 2.22. The van der Waals surface area contributed by atoms with E-state index >= 15 is 0 Å². The van der Waals surface area contributed by atoms with Crippen LogP contribution in [0.2, 0.25) is 0 Å². The van der Waals surface area contributed by atoms with Crippen LogP contribution in [0, 0.1) is 19.3 Å². The van der Waals surface area contributed by atoms with Crippen LogP contribution < -0.4 is 4.90 Å². The molecule has 0 spiro atoms. The lowest BCUT2D eigenvalue weighted by Gasteiger charge is -2.27. The second-order valence-corrected chi connectivity index (χ2v) is 6.98. The number of carbonyl (C=O) groups excluding carboxylic acids is 1. The van der Waals surface area contributed by atoms with Gasteiger partial charge in [-0.2, -0.15) is 0 Å². The third-order valence-corrected chi connectivity index (χ3v) is 3.24. The van der Waals surface area contributed by atoms with E-state index in [9.17, 15) is 4.79 Å². The minimum atomic E-state index is 0.0282. The molecule has 0 aliphatic rings. The normalized spacial score (nSPS) is 11.5. The molecule has 1 aromatic rings. The highest BCUT2D eigenvalue weighted by Crippen LogP contribution is 2.25. The Hall–Kier alpha value is -1.31. The van der Waals surface area contributed by atoms with E-state index in [4.69, 9.17) is 0 Å². The average Bonchev–Trinajstić information content (AvgIpc) is 2.25. The molecule has 0 radical (unpaired) electrons. The summed E-state index contributed by atoms with van der Waals surface area (Å²) in [4.78, 5) is 14.6. The number of amides is 1. The second kappa shape index (κ2) is 6.92. The Bertz CT molecular complexity index is 437. The van der Waals surface area contributed by atoms with Crippen molar-refractivity contribution in [3.63, 3.8) is 0 Å². The van der Waals surface area contributed by atoms with Gasteiger partial charge in [0.05, 0.1) is 0 Å². The summed E-state index contributed by atoms with van der Waals surface area (Å²) in [5.74, 6) is 0.232. The zero-order chi connectivity index (χ0) is 15.3. The van der Waals surface area contributed by atoms with Gasteiger partial charge in [0.25, 0.3) is 0 Å². The van der Waals surface area contributed by atoms with Crippen LogP contribution >= 0.6 is 0 Å². The van der Waals surface area contributed by atoms with Gasteiger partial charge in [-0.1, -0.05) is 40.2 Å². The van der Waals surface area contributed by atoms with E-state index in [1.807, 2.05) is 4.90 Å². The molecule has 1 aromatic carbocycles. The Kier molecular flexibility index (Phi) is 5.79. The van der Waals surface area contributed by atoms with Crippen LogP contribution in [0.1, 0.15) is 58.1 Å². The molecule has 1 rings (SSSR count). The fraction of sp³-hybridized carbons (Fsp3) is 0.611. The third-order valence-electron chi connectivity index (χ3n) is 3.24. The topological polar surface area (TPSA) is 20.3 Å². The molecule has 0 aliphatic heterocycles. The van der Waals surface area contributed by atoms with E-state index in [0.29, 0.717) is 6.42 Å². The summed E-state index contributed by atoms with van der Waals surface area (Å²) in [7, 11) is 0. The third kappa shape index (κ3) is 5.36. The number of unbranched alkanes of at least 4 members (excludes halogenated alkanes) is 1. The van der Waals surface area contributed by atoms with E-state index in [1.165, 1.54) is 11.1 Å². The van der Waals surface area contributed by atoms with E-state index in [2.05, 4.69) is 59.7 Å². The first kappa shape index (κ1) is 16.7. The average molecular weight is 275 g/mol. The molecule has 2 heteroatoms. The summed E-state index contributed by atoms with van der Waals surface area (Å²) >= 11 is 0. The summed E-state index contributed by atoms with van der Waals surface area (Å²) in [5, 5.41) is 0. The van der Waals surface area contributed by atoms with Crippen molar-refractivity contribution in [3.8, 4) is 0 Å². The number of hydrogen-bond acceptors (Lipinski definition) is 1. The first-order valence-corrected chi connectivity index (χ1v) is 7.61. The molecular formula is C18H29NO. The van der Waals surface area contributed by atoms with Gasteiger partial charge in [0.15, 0.2) is 0 Å². The van der Waals surface area contributed by atoms with Crippen LogP contribution in [-0.2, 0) is 4.79 Å². The Morgan fingerprint density at radius 1 is 1.10 bits per heavy atom. The highest BCUT2D eigenvalue weighted by atomic mass is 16.2. The Morgan fingerprint density at radius 2 is 1.65 bits per heavy atom. The van der Waals surface area contributed by atoms with Crippen LogP contribution in [0.5, 0.6) is 0 Å². The summed E-state index contributed by atoms with van der Waals surface area (Å²) in [6.45, 7) is 13.5. The van der Waals surface area contributed by atoms with Crippen LogP contribution in [0.25, 0.3) is 0 Å². The first-order valence-electron chi connectivity index (χ1n) is 7.61. The van der Waals surface area contributed by atoms with Crippen LogP contribution in [0.15, 0.2) is 18.2 Å². The lowest BCUT2D eigenvalue weighted by atomic mass is 9.91. The van der Waals surface area contributed by atoms with Crippen molar-refractivity contribution in [1.82, 2.24) is 0 Å². The van der Waals surface area contributed by atoms with Gasteiger partial charge in [-0.25, -0.2) is 0 Å². The molecule has 2 nitrogen and oxygen atoms in total. The Morgan fingerprint density at radius 3 is 2.10 bits per heavy atom. The van der Waals surface area contributed by atoms with Crippen molar-refractivity contribution >= 4 is 11.6 Å². The van der Waals surface area contributed by atoms with Crippen molar-refractivity contribution in [2.45, 2.75) is 60.8 Å². The fourth-order valence-corrected chi connectivity index (χ4v) is 2.37. The van der Waals surface area contributed by atoms with Crippen molar-refractivity contribution in [2.75, 3.05) is 11.4 Å². The van der Waals surface area contributed by atoms with Crippen LogP contribution in [-0.4, -0.2) is 12.5 Å². The van der Waals surface area contributed by atoms with Crippen LogP contribution in [0.3, 0.4) is 0 Å². The van der Waals surface area contributed by atoms with Gasteiger partial charge < -0.3 is 4.90 Å². The number of hydrogen-bond donors (Lipinski definition) is 0. The van der Waals surface area contributed by atoms with Gasteiger partial charge in [0.1, 0.15) is 0 Å². The summed E-state index contributed by atoms with van der Waals surface area (Å²) in [6, 6.07) is 6.38. The molecule has 0 saturated heterocycles. The molecule has 0 atom stereocenters. The maximum absolute atomic E-state index is 12.6. The minimum Gasteiger partial charge on any atom is -0.312 e. The van der Waals surface area contributed by atoms with Gasteiger partial charge in [0.2, 0.25) is 5.91 Å². The van der Waals surface area contributed by atoms with Gasteiger partial charge in [-0.15, -0.1) is 0 Å². The molecule has 0 unspecified atom stereocenters. The number of anilines is 1. The maximum atomic E-state index is 12.6. The smallest absolute Gasteiger partial charge is 0.227 e. The highest BCUT2D eigenvalue weighted by molar-refractivity contribution is 5.93. The molecule has 0 fully saturated rings. The van der Waals surface area contributed by atoms with E-state index < -0.39 is 0 Å². The molecule has 0 aromatic heterocycles. The molecule has 0 saturated carbocycles. The zero-order valence-electron chi connectivity index (χ0n) is 13.9. The first-order chi connectivity index (χ1) is 9.23. The van der Waals surface area contributed by atoms with Gasteiger partial charge in [-0.05, 0) is 48.9 Å². The maximum Gasteiger partial charge on any atom is 0.227 e. The molecule has 1 amide bonds. The SMILES string of the molecule is CCCCN(C(=O)CC(C)(C)C)c1cc(C)cc(C)c1. The molecule has 20 heavy (non-hydrogen) atoms. The second-order valence-electron chi connectivity index (χ2n) is 6.98. The zero-order valence-corrected chi connectivity index (χ0v) is 13.9. The van der Waals surface area contributed by atoms with Gasteiger partial charge >= 0.3 is 0 Å². The number of aryl methyl sites for hydroxylation is 2. The van der Waals surface area contributed by atoms with E-state index in [-0.39, 0.29) is 11.3 Å². The minimum absolute atomic E-state index is 0.0282. The Balaban J connectivity index is 3.01. The quantitative estimate of drug-likeness (QED) is 0.750. The number of carbonyl (C=O) groups is 1. The van der Waals surface area contributed by atoms with Crippen molar-refractivity contribution in [3.05, 3.63) is 29.3 Å². The molecule has 0 heterocycles. The monoisotopic (exact) mass is 275 g/mol. The lowest BCUT2D eigenvalue weighted by molar-refractivity contribution is -0.120. The van der Waals surface area contributed by atoms with Gasteiger partial charge in [-0.3, -0.25) is 4.79 Å². The van der Waals surface area contributed by atoms with E-state index in [1.54, 1.807) is 0 Å². The molecule has 0 bridgehead atoms. The van der Waals surface area contributed by atoms with Crippen LogP contribution in [0.4, 0.5) is 5.69 Å². The number of benzene rings is 1. The van der Waals surface area contributed by atoms with Crippen molar-refractivity contribution in [2.24, 2.45) is 5.41 Å². The van der Waals surface area contributed by atoms with Gasteiger partial charge in [0, 0.05) is 18.7 Å². The van der Waals surface area contributed by atoms with E-state index in [0.717, 1.165) is 25.1 Å².